The lowest BCUT2D eigenvalue weighted by Gasteiger charge is -2.11. The summed E-state index contributed by atoms with van der Waals surface area (Å²) in [5, 5.41) is 6.90. The average Bonchev–Trinajstić information content (AvgIpc) is 3.14. The first-order chi connectivity index (χ1) is 12.2. The summed E-state index contributed by atoms with van der Waals surface area (Å²) in [5.41, 5.74) is 1.75. The zero-order valence-electron chi connectivity index (χ0n) is 14.0. The van der Waals surface area contributed by atoms with Gasteiger partial charge in [0.15, 0.2) is 0 Å². The summed E-state index contributed by atoms with van der Waals surface area (Å²) in [4.78, 5) is 16.5. The SMILES string of the molecule is O=C(NCC1CCCO1)c1ccnc(NCCc2cccc(Cl)c2)c1. The lowest BCUT2D eigenvalue weighted by molar-refractivity contribution is 0.0857. The largest absolute Gasteiger partial charge is 0.376 e. The molecule has 1 saturated heterocycles. The number of pyridine rings is 1. The van der Waals surface area contributed by atoms with Crippen molar-refractivity contribution in [1.29, 1.82) is 0 Å². The van der Waals surface area contributed by atoms with E-state index in [9.17, 15) is 4.79 Å². The minimum Gasteiger partial charge on any atom is -0.376 e. The van der Waals surface area contributed by atoms with Gasteiger partial charge in [0.1, 0.15) is 5.82 Å². The minimum absolute atomic E-state index is 0.101. The second-order valence-electron chi connectivity index (χ2n) is 6.08. The Balaban J connectivity index is 1.49. The number of nitrogens with one attached hydrogen (secondary N) is 2. The summed E-state index contributed by atoms with van der Waals surface area (Å²) in [5.74, 6) is 0.586. The maximum atomic E-state index is 12.2. The van der Waals surface area contributed by atoms with Gasteiger partial charge in [-0.3, -0.25) is 4.79 Å². The number of rotatable bonds is 7. The van der Waals surface area contributed by atoms with E-state index in [2.05, 4.69) is 15.6 Å². The number of benzene rings is 1. The van der Waals surface area contributed by atoms with Crippen molar-refractivity contribution in [3.8, 4) is 0 Å². The van der Waals surface area contributed by atoms with Crippen molar-refractivity contribution in [1.82, 2.24) is 10.3 Å². The van der Waals surface area contributed by atoms with E-state index < -0.39 is 0 Å². The number of carbonyl (C=O) groups excluding carboxylic acids is 1. The summed E-state index contributed by atoms with van der Waals surface area (Å²) in [6, 6.07) is 11.3. The number of nitrogens with zero attached hydrogens (tertiary/aromatic N) is 1. The molecule has 0 aliphatic carbocycles. The molecule has 5 nitrogen and oxygen atoms in total. The molecular formula is C19H22ClN3O2. The molecule has 0 spiro atoms. The molecule has 2 N–H and O–H groups in total. The highest BCUT2D eigenvalue weighted by Crippen LogP contribution is 2.13. The molecule has 1 amide bonds. The predicted octanol–water partition coefficient (Wildman–Crippen LogP) is 3.30. The number of anilines is 1. The molecule has 3 rings (SSSR count). The molecule has 6 heteroatoms. The first-order valence-corrected chi connectivity index (χ1v) is 8.93. The summed E-state index contributed by atoms with van der Waals surface area (Å²) in [7, 11) is 0. The molecule has 0 radical (unpaired) electrons. The number of amides is 1. The lowest BCUT2D eigenvalue weighted by atomic mass is 10.1. The monoisotopic (exact) mass is 359 g/mol. The lowest BCUT2D eigenvalue weighted by Crippen LogP contribution is -2.31. The van der Waals surface area contributed by atoms with Gasteiger partial charge in [-0.2, -0.15) is 0 Å². The van der Waals surface area contributed by atoms with Gasteiger partial charge in [-0.05, 0) is 49.1 Å². The maximum Gasteiger partial charge on any atom is 0.251 e. The quantitative estimate of drug-likeness (QED) is 0.796. The van der Waals surface area contributed by atoms with Crippen LogP contribution in [0.1, 0.15) is 28.8 Å². The highest BCUT2D eigenvalue weighted by atomic mass is 35.5. The number of hydrogen-bond acceptors (Lipinski definition) is 4. The van der Waals surface area contributed by atoms with Crippen molar-refractivity contribution >= 4 is 23.3 Å². The standard InChI is InChI=1S/C19H22ClN3O2/c20-16-4-1-3-14(11-16)6-8-21-18-12-15(7-9-22-18)19(24)23-13-17-5-2-10-25-17/h1,3-4,7,9,11-12,17H,2,5-6,8,10,13H2,(H,21,22)(H,23,24). The highest BCUT2D eigenvalue weighted by Gasteiger charge is 2.16. The fraction of sp³-hybridized carbons (Fsp3) is 0.368. The zero-order chi connectivity index (χ0) is 17.5. The van der Waals surface area contributed by atoms with E-state index in [1.807, 2.05) is 24.3 Å². The van der Waals surface area contributed by atoms with Gasteiger partial charge in [-0.25, -0.2) is 4.98 Å². The van der Waals surface area contributed by atoms with Gasteiger partial charge in [0.2, 0.25) is 0 Å². The van der Waals surface area contributed by atoms with Crippen molar-refractivity contribution in [3.63, 3.8) is 0 Å². The van der Waals surface area contributed by atoms with E-state index in [0.717, 1.165) is 36.5 Å². The Bertz CT molecular complexity index is 717. The van der Waals surface area contributed by atoms with Crippen LogP contribution >= 0.6 is 11.6 Å². The molecule has 1 aliphatic rings. The summed E-state index contributed by atoms with van der Waals surface area (Å²) in [6.45, 7) is 2.06. The maximum absolute atomic E-state index is 12.2. The van der Waals surface area contributed by atoms with E-state index in [1.165, 1.54) is 0 Å². The molecule has 25 heavy (non-hydrogen) atoms. The average molecular weight is 360 g/mol. The molecular weight excluding hydrogens is 338 g/mol. The normalized spacial score (nSPS) is 16.6. The molecule has 1 unspecified atom stereocenters. The van der Waals surface area contributed by atoms with Crippen molar-refractivity contribution in [2.75, 3.05) is 25.0 Å². The fourth-order valence-corrected chi connectivity index (χ4v) is 3.02. The summed E-state index contributed by atoms with van der Waals surface area (Å²) >= 11 is 5.99. The van der Waals surface area contributed by atoms with Gasteiger partial charge >= 0.3 is 0 Å². The predicted molar refractivity (Wildman–Crippen MR) is 99.2 cm³/mol. The number of halogens is 1. The molecule has 1 aliphatic heterocycles. The summed E-state index contributed by atoms with van der Waals surface area (Å²) < 4.78 is 5.52. The third kappa shape index (κ3) is 5.44. The van der Waals surface area contributed by atoms with E-state index in [-0.39, 0.29) is 12.0 Å². The smallest absolute Gasteiger partial charge is 0.251 e. The molecule has 0 bridgehead atoms. The van der Waals surface area contributed by atoms with Gasteiger partial charge in [0.25, 0.3) is 5.91 Å². The molecule has 1 aromatic heterocycles. The summed E-state index contributed by atoms with van der Waals surface area (Å²) in [6.07, 6.45) is 4.69. The number of hydrogen-bond donors (Lipinski definition) is 2. The van der Waals surface area contributed by atoms with Crippen LogP contribution < -0.4 is 10.6 Å². The highest BCUT2D eigenvalue weighted by molar-refractivity contribution is 6.30. The van der Waals surface area contributed by atoms with Crippen LogP contribution in [0, 0.1) is 0 Å². The number of ether oxygens (including phenoxy) is 1. The Labute approximate surface area is 152 Å². The van der Waals surface area contributed by atoms with Crippen LogP contribution in [0.3, 0.4) is 0 Å². The van der Waals surface area contributed by atoms with Gasteiger partial charge in [0, 0.05) is 36.5 Å². The van der Waals surface area contributed by atoms with Crippen molar-refractivity contribution in [2.45, 2.75) is 25.4 Å². The van der Waals surface area contributed by atoms with Crippen molar-refractivity contribution in [3.05, 3.63) is 58.7 Å². The zero-order valence-corrected chi connectivity index (χ0v) is 14.8. The molecule has 2 heterocycles. The third-order valence-electron chi connectivity index (χ3n) is 4.15. The second kappa shape index (κ2) is 8.83. The molecule has 1 fully saturated rings. The molecule has 132 valence electrons. The third-order valence-corrected chi connectivity index (χ3v) is 4.38. The van der Waals surface area contributed by atoms with Crippen molar-refractivity contribution in [2.24, 2.45) is 0 Å². The van der Waals surface area contributed by atoms with Gasteiger partial charge in [-0.1, -0.05) is 23.7 Å². The van der Waals surface area contributed by atoms with E-state index in [0.29, 0.717) is 24.5 Å². The van der Waals surface area contributed by atoms with Crippen LogP contribution in [0.2, 0.25) is 5.02 Å². The van der Waals surface area contributed by atoms with Crippen LogP contribution in [-0.2, 0) is 11.2 Å². The van der Waals surface area contributed by atoms with Crippen LogP contribution in [-0.4, -0.2) is 36.7 Å². The first kappa shape index (κ1) is 17.7. The van der Waals surface area contributed by atoms with E-state index in [4.69, 9.17) is 16.3 Å². The topological polar surface area (TPSA) is 63.2 Å². The second-order valence-corrected chi connectivity index (χ2v) is 6.52. The Morgan fingerprint density at radius 2 is 2.24 bits per heavy atom. The number of carbonyl (C=O) groups is 1. The van der Waals surface area contributed by atoms with Gasteiger partial charge < -0.3 is 15.4 Å². The van der Waals surface area contributed by atoms with Crippen molar-refractivity contribution < 1.29 is 9.53 Å². The van der Waals surface area contributed by atoms with E-state index in [1.54, 1.807) is 18.3 Å². The van der Waals surface area contributed by atoms with Crippen LogP contribution in [0.4, 0.5) is 5.82 Å². The van der Waals surface area contributed by atoms with Crippen LogP contribution in [0.15, 0.2) is 42.6 Å². The van der Waals surface area contributed by atoms with Gasteiger partial charge in [-0.15, -0.1) is 0 Å². The Kier molecular flexibility index (Phi) is 6.25. The van der Waals surface area contributed by atoms with Crippen LogP contribution in [0.5, 0.6) is 0 Å². The van der Waals surface area contributed by atoms with Crippen LogP contribution in [0.25, 0.3) is 0 Å². The van der Waals surface area contributed by atoms with Gasteiger partial charge in [0.05, 0.1) is 6.10 Å². The first-order valence-electron chi connectivity index (χ1n) is 8.55. The number of aromatic nitrogens is 1. The Morgan fingerprint density at radius 3 is 3.04 bits per heavy atom. The molecule has 0 saturated carbocycles. The molecule has 2 aromatic rings. The molecule has 1 atom stereocenters. The minimum atomic E-state index is -0.101. The molecule has 1 aromatic carbocycles. The fourth-order valence-electron chi connectivity index (χ4n) is 2.81. The van der Waals surface area contributed by atoms with E-state index >= 15 is 0 Å². The Hall–Kier alpha value is -2.11. The Morgan fingerprint density at radius 1 is 1.32 bits per heavy atom.